The fraction of sp³-hybridized carbons (Fsp3) is 0.111. The van der Waals surface area contributed by atoms with Crippen LogP contribution in [0, 0.1) is 11.6 Å². The fourth-order valence-electron chi connectivity index (χ4n) is 2.75. The van der Waals surface area contributed by atoms with Gasteiger partial charge in [-0.05, 0) is 31.2 Å². The van der Waals surface area contributed by atoms with E-state index in [1.54, 1.807) is 24.3 Å². The van der Waals surface area contributed by atoms with Gasteiger partial charge in [-0.3, -0.25) is 4.79 Å². The van der Waals surface area contributed by atoms with Gasteiger partial charge in [0.2, 0.25) is 0 Å². The predicted molar refractivity (Wildman–Crippen MR) is 93.5 cm³/mol. The number of hydrogen-bond donors (Lipinski definition) is 3. The van der Waals surface area contributed by atoms with E-state index in [9.17, 15) is 18.4 Å². The van der Waals surface area contributed by atoms with E-state index in [-0.39, 0.29) is 11.3 Å². The number of nitrogens with one attached hydrogen (secondary N) is 3. The Labute approximate surface area is 153 Å². The van der Waals surface area contributed by atoms with Crippen LogP contribution in [0.2, 0.25) is 5.02 Å². The number of urea groups is 1. The minimum Gasteiger partial charge on any atom is -0.326 e. The lowest BCUT2D eigenvalue weighted by atomic mass is 9.94. The largest absolute Gasteiger partial charge is 0.326 e. The molecule has 0 spiro atoms. The third-order valence-corrected chi connectivity index (χ3v) is 4.25. The van der Waals surface area contributed by atoms with Crippen LogP contribution in [0.5, 0.6) is 0 Å². The van der Waals surface area contributed by atoms with Crippen molar-refractivity contribution in [2.45, 2.75) is 13.0 Å². The van der Waals surface area contributed by atoms with E-state index in [4.69, 9.17) is 11.6 Å². The molecule has 3 rings (SSSR count). The molecule has 5 nitrogen and oxygen atoms in total. The van der Waals surface area contributed by atoms with E-state index in [1.165, 1.54) is 13.0 Å². The van der Waals surface area contributed by atoms with Gasteiger partial charge in [0.1, 0.15) is 11.6 Å². The number of anilines is 1. The zero-order valence-corrected chi connectivity index (χ0v) is 14.3. The van der Waals surface area contributed by atoms with Crippen LogP contribution < -0.4 is 16.0 Å². The van der Waals surface area contributed by atoms with Gasteiger partial charge in [0.25, 0.3) is 5.91 Å². The summed E-state index contributed by atoms with van der Waals surface area (Å²) in [4.78, 5) is 24.6. The quantitative estimate of drug-likeness (QED) is 0.759. The van der Waals surface area contributed by atoms with E-state index >= 15 is 0 Å². The van der Waals surface area contributed by atoms with Crippen LogP contribution >= 0.6 is 11.6 Å². The summed E-state index contributed by atoms with van der Waals surface area (Å²) in [6, 6.07) is 7.93. The van der Waals surface area contributed by atoms with Crippen LogP contribution in [-0.4, -0.2) is 11.9 Å². The van der Waals surface area contributed by atoms with E-state index in [1.807, 2.05) is 0 Å². The molecular formula is C18H14ClF2N3O2. The Kier molecular flexibility index (Phi) is 4.90. The number of hydrogen-bond acceptors (Lipinski definition) is 2. The fourth-order valence-corrected chi connectivity index (χ4v) is 2.93. The van der Waals surface area contributed by atoms with Crippen molar-refractivity contribution in [3.63, 3.8) is 0 Å². The van der Waals surface area contributed by atoms with Crippen LogP contribution in [-0.2, 0) is 4.79 Å². The first-order chi connectivity index (χ1) is 12.4. The highest BCUT2D eigenvalue weighted by molar-refractivity contribution is 6.33. The Bertz CT molecular complexity index is 910. The predicted octanol–water partition coefficient (Wildman–Crippen LogP) is 3.88. The van der Waals surface area contributed by atoms with Crippen molar-refractivity contribution in [2.75, 3.05) is 5.32 Å². The summed E-state index contributed by atoms with van der Waals surface area (Å²) in [7, 11) is 0. The summed E-state index contributed by atoms with van der Waals surface area (Å²) in [6.45, 7) is 1.48. The van der Waals surface area contributed by atoms with Crippen LogP contribution in [0.15, 0.2) is 53.7 Å². The number of carbonyl (C=O) groups excluding carboxylic acids is 2. The SMILES string of the molecule is CC1=C(C(=O)Nc2ccccc2Cl)[C@@H](c2c(F)cccc2F)NC(=O)N1. The maximum atomic E-state index is 14.2. The van der Waals surface area contributed by atoms with Crippen LogP contribution in [0.3, 0.4) is 0 Å². The van der Waals surface area contributed by atoms with Gasteiger partial charge in [0, 0.05) is 5.70 Å². The molecule has 26 heavy (non-hydrogen) atoms. The summed E-state index contributed by atoms with van der Waals surface area (Å²) >= 11 is 6.03. The number of para-hydroxylation sites is 1. The molecule has 1 aliphatic rings. The van der Waals surface area contributed by atoms with Crippen LogP contribution in [0.4, 0.5) is 19.3 Å². The molecule has 134 valence electrons. The Hall–Kier alpha value is -2.93. The van der Waals surface area contributed by atoms with Crippen LogP contribution in [0.1, 0.15) is 18.5 Å². The number of halogens is 3. The lowest BCUT2D eigenvalue weighted by Gasteiger charge is -2.29. The van der Waals surface area contributed by atoms with Gasteiger partial charge in [-0.25, -0.2) is 13.6 Å². The van der Waals surface area contributed by atoms with E-state index in [2.05, 4.69) is 16.0 Å². The van der Waals surface area contributed by atoms with Gasteiger partial charge in [0.05, 0.1) is 27.9 Å². The molecule has 0 saturated heterocycles. The Morgan fingerprint density at radius 2 is 1.77 bits per heavy atom. The average Bonchev–Trinajstić information content (AvgIpc) is 2.56. The molecule has 0 aromatic heterocycles. The van der Waals surface area contributed by atoms with Crippen molar-refractivity contribution in [1.82, 2.24) is 10.6 Å². The third-order valence-electron chi connectivity index (χ3n) is 3.92. The molecule has 1 atom stereocenters. The molecule has 2 aromatic carbocycles. The summed E-state index contributed by atoms with van der Waals surface area (Å²) in [5, 5.41) is 7.74. The molecule has 2 aromatic rings. The molecule has 1 heterocycles. The first-order valence-electron chi connectivity index (χ1n) is 7.66. The number of rotatable bonds is 3. The van der Waals surface area contributed by atoms with Gasteiger partial charge in [0.15, 0.2) is 0 Å². The first kappa shape index (κ1) is 17.9. The summed E-state index contributed by atoms with van der Waals surface area (Å²) in [5.41, 5.74) is 0.0922. The Morgan fingerprint density at radius 3 is 2.42 bits per heavy atom. The summed E-state index contributed by atoms with van der Waals surface area (Å²) in [5.74, 6) is -2.38. The van der Waals surface area contributed by atoms with Gasteiger partial charge in [-0.2, -0.15) is 0 Å². The molecule has 3 amide bonds. The van der Waals surface area contributed by atoms with Crippen molar-refractivity contribution in [1.29, 1.82) is 0 Å². The Balaban J connectivity index is 2.04. The van der Waals surface area contributed by atoms with E-state index < -0.39 is 35.2 Å². The van der Waals surface area contributed by atoms with Gasteiger partial charge < -0.3 is 16.0 Å². The average molecular weight is 378 g/mol. The topological polar surface area (TPSA) is 70.2 Å². The molecule has 0 bridgehead atoms. The van der Waals surface area contributed by atoms with E-state index in [0.717, 1.165) is 12.1 Å². The summed E-state index contributed by atoms with van der Waals surface area (Å²) < 4.78 is 28.5. The number of allylic oxidation sites excluding steroid dienone is 1. The molecule has 0 radical (unpaired) electrons. The van der Waals surface area contributed by atoms with Crippen molar-refractivity contribution < 1.29 is 18.4 Å². The molecule has 8 heteroatoms. The molecule has 0 unspecified atom stereocenters. The minimum absolute atomic E-state index is 0.0199. The van der Waals surface area contributed by atoms with Gasteiger partial charge in [-0.1, -0.05) is 29.8 Å². The lowest BCUT2D eigenvalue weighted by molar-refractivity contribution is -0.113. The number of benzene rings is 2. The van der Waals surface area contributed by atoms with Crippen molar-refractivity contribution >= 4 is 29.2 Å². The zero-order chi connectivity index (χ0) is 18.8. The normalized spacial score (nSPS) is 16.8. The van der Waals surface area contributed by atoms with Crippen molar-refractivity contribution in [3.8, 4) is 0 Å². The lowest BCUT2D eigenvalue weighted by Crippen LogP contribution is -2.46. The molecule has 0 fully saturated rings. The Morgan fingerprint density at radius 1 is 1.12 bits per heavy atom. The highest BCUT2D eigenvalue weighted by Gasteiger charge is 2.34. The second-order valence-electron chi connectivity index (χ2n) is 5.64. The van der Waals surface area contributed by atoms with E-state index in [0.29, 0.717) is 10.7 Å². The monoisotopic (exact) mass is 377 g/mol. The van der Waals surface area contributed by atoms with Crippen molar-refractivity contribution in [3.05, 3.63) is 76.0 Å². The van der Waals surface area contributed by atoms with Gasteiger partial charge >= 0.3 is 6.03 Å². The molecule has 0 saturated carbocycles. The summed E-state index contributed by atoms with van der Waals surface area (Å²) in [6.07, 6.45) is 0. The molecule has 3 N–H and O–H groups in total. The minimum atomic E-state index is -1.28. The highest BCUT2D eigenvalue weighted by atomic mass is 35.5. The maximum absolute atomic E-state index is 14.2. The third kappa shape index (κ3) is 3.39. The van der Waals surface area contributed by atoms with Gasteiger partial charge in [-0.15, -0.1) is 0 Å². The molecule has 0 aliphatic carbocycles. The molecule has 1 aliphatic heterocycles. The second kappa shape index (κ2) is 7.13. The van der Waals surface area contributed by atoms with Crippen molar-refractivity contribution in [2.24, 2.45) is 0 Å². The number of amides is 3. The maximum Gasteiger partial charge on any atom is 0.319 e. The second-order valence-corrected chi connectivity index (χ2v) is 6.05. The highest BCUT2D eigenvalue weighted by Crippen LogP contribution is 2.32. The zero-order valence-electron chi connectivity index (χ0n) is 13.6. The van der Waals surface area contributed by atoms with Crippen LogP contribution in [0.25, 0.3) is 0 Å². The first-order valence-corrected chi connectivity index (χ1v) is 8.04. The number of carbonyl (C=O) groups is 2. The smallest absolute Gasteiger partial charge is 0.319 e. The molecular weight excluding hydrogens is 364 g/mol. The standard InChI is InChI=1S/C18H14ClF2N3O2/c1-9-14(17(25)23-13-8-3-2-5-10(13)19)16(24-18(26)22-9)15-11(20)6-4-7-12(15)21/h2-8,16H,1H3,(H,23,25)(H2,22,24,26)/t16-/m0/s1.